The molecule has 0 spiro atoms. The number of aromatic nitrogens is 19. The maximum atomic E-state index is 13.7. The van der Waals surface area contributed by atoms with Crippen LogP contribution in [0.25, 0.3) is 56.4 Å². The monoisotopic (exact) mass is 1260 g/mol. The Balaban J connectivity index is 0.000000145. The van der Waals surface area contributed by atoms with Crippen molar-refractivity contribution in [1.29, 1.82) is 0 Å². The van der Waals surface area contributed by atoms with Gasteiger partial charge < -0.3 is 25.6 Å². The van der Waals surface area contributed by atoms with Gasteiger partial charge in [0.1, 0.15) is 40.1 Å². The molecular weight excluding hydrogens is 1200 g/mol. The number of rotatable bonds is 20. The number of hydrogen-bond donors (Lipinski definition) is 4. The van der Waals surface area contributed by atoms with Gasteiger partial charge in [0.05, 0.1) is 69.1 Å². The molecule has 0 aromatic carbocycles. The van der Waals surface area contributed by atoms with Crippen molar-refractivity contribution in [3.63, 3.8) is 0 Å². The average molecular weight is 1260 g/mol. The fraction of sp³-hybridized carbons (Fsp3) is 0.328. The number of methoxy groups -OCH3 is 1. The number of nitrogens with zero attached hydrogens (tertiary/aromatic N) is 19. The molecule has 3 saturated carbocycles. The molecular formula is C58H55F6N21O6. The fourth-order valence-electron chi connectivity index (χ4n) is 9.27. The molecule has 10 heterocycles. The van der Waals surface area contributed by atoms with Crippen molar-refractivity contribution in [2.45, 2.75) is 102 Å². The smallest absolute Gasteiger partial charge is 0.356 e. The zero-order valence-electron chi connectivity index (χ0n) is 48.5. The van der Waals surface area contributed by atoms with Gasteiger partial charge in [-0.1, -0.05) is 12.1 Å². The molecule has 10 aromatic rings. The van der Waals surface area contributed by atoms with Gasteiger partial charge in [-0.25, -0.2) is 55.5 Å². The number of carbonyl (C=O) groups excluding carboxylic acids is 3. The number of nitrogens with one attached hydrogen (secondary N) is 2. The van der Waals surface area contributed by atoms with Gasteiger partial charge in [-0.3, -0.25) is 33.6 Å². The number of aliphatic hydroxyl groups excluding tert-OH is 2. The first-order valence-corrected chi connectivity index (χ1v) is 28.4. The molecule has 4 N–H and O–H groups in total. The Bertz CT molecular complexity index is 4030. The van der Waals surface area contributed by atoms with Crippen molar-refractivity contribution in [2.75, 3.05) is 31.0 Å². The number of hydrogen-bond acceptors (Lipinski definition) is 20. The molecule has 0 radical (unpaired) electrons. The molecule has 0 unspecified atom stereocenters. The zero-order chi connectivity index (χ0) is 64.0. The number of ether oxygens (including phenoxy) is 1. The van der Waals surface area contributed by atoms with E-state index in [-0.39, 0.29) is 87.4 Å². The molecule has 13 rings (SSSR count). The summed E-state index contributed by atoms with van der Waals surface area (Å²) in [4.78, 5) is 57.7. The van der Waals surface area contributed by atoms with Crippen LogP contribution in [0, 0.1) is 0 Å². The second-order valence-electron chi connectivity index (χ2n) is 21.4. The number of aliphatic hydroxyl groups is 2. The van der Waals surface area contributed by atoms with Crippen LogP contribution in [-0.2, 0) is 4.74 Å². The minimum absolute atomic E-state index is 0.00364. The van der Waals surface area contributed by atoms with Gasteiger partial charge in [0.2, 0.25) is 11.6 Å². The van der Waals surface area contributed by atoms with Crippen LogP contribution in [0.3, 0.4) is 0 Å². The first-order valence-electron chi connectivity index (χ1n) is 28.4. The summed E-state index contributed by atoms with van der Waals surface area (Å²) in [6.07, 6.45) is 10.7. The maximum absolute atomic E-state index is 13.7. The summed E-state index contributed by atoms with van der Waals surface area (Å²) in [5.74, 6) is -0.868. The molecule has 2 amide bonds. The predicted octanol–water partition coefficient (Wildman–Crippen LogP) is 9.15. The molecule has 10 aromatic heterocycles. The third kappa shape index (κ3) is 14.3. The molecule has 0 saturated heterocycles. The van der Waals surface area contributed by atoms with E-state index in [1.807, 2.05) is 0 Å². The van der Waals surface area contributed by atoms with E-state index in [9.17, 15) is 50.9 Å². The number of anilines is 2. The number of amides is 2. The maximum Gasteiger partial charge on any atom is 0.356 e. The Morgan fingerprint density at radius 3 is 1.22 bits per heavy atom. The zero-order valence-corrected chi connectivity index (χ0v) is 48.5. The molecule has 27 nitrogen and oxygen atoms in total. The number of halogens is 6. The third-order valence-corrected chi connectivity index (χ3v) is 14.7. The van der Waals surface area contributed by atoms with E-state index in [4.69, 9.17) is 0 Å². The third-order valence-electron chi connectivity index (χ3n) is 14.7. The summed E-state index contributed by atoms with van der Waals surface area (Å²) in [6.45, 7) is 3.14. The van der Waals surface area contributed by atoms with E-state index < -0.39 is 37.1 Å². The summed E-state index contributed by atoms with van der Waals surface area (Å²) in [5, 5.41) is 59.7. The fourth-order valence-corrected chi connectivity index (χ4v) is 9.27. The Labute approximate surface area is 511 Å². The van der Waals surface area contributed by atoms with Gasteiger partial charge in [-0.15, -0.1) is 10.2 Å². The molecule has 3 aliphatic rings. The highest BCUT2D eigenvalue weighted by molar-refractivity contribution is 6.04. The first kappa shape index (κ1) is 62.1. The lowest BCUT2D eigenvalue weighted by molar-refractivity contribution is 0.0593. The number of alkyl halides is 6. The van der Waals surface area contributed by atoms with Crippen molar-refractivity contribution >= 4 is 29.4 Å². The number of esters is 1. The molecule has 3 fully saturated rings. The van der Waals surface area contributed by atoms with Crippen LogP contribution in [-0.4, -0.2) is 143 Å². The van der Waals surface area contributed by atoms with Gasteiger partial charge in [-0.05, 0) is 132 Å². The van der Waals surface area contributed by atoms with E-state index in [1.54, 1.807) is 82.9 Å². The van der Waals surface area contributed by atoms with Crippen molar-refractivity contribution in [1.82, 2.24) is 94.7 Å². The predicted molar refractivity (Wildman–Crippen MR) is 309 cm³/mol. The Morgan fingerprint density at radius 2 is 0.890 bits per heavy atom. The van der Waals surface area contributed by atoms with Gasteiger partial charge in [0.15, 0.2) is 0 Å². The largest absolute Gasteiger partial charge is 0.464 e. The van der Waals surface area contributed by atoms with Crippen molar-refractivity contribution < 1.29 is 55.7 Å². The quantitative estimate of drug-likeness (QED) is 0.0408. The van der Waals surface area contributed by atoms with Gasteiger partial charge in [-0.2, -0.15) is 15.3 Å². The highest BCUT2D eigenvalue weighted by Gasteiger charge is 2.30. The molecule has 91 heavy (non-hydrogen) atoms. The lowest BCUT2D eigenvalue weighted by Gasteiger charge is -2.11. The molecule has 0 aliphatic heterocycles. The Hall–Kier alpha value is -10.6. The Morgan fingerprint density at radius 1 is 0.538 bits per heavy atom. The summed E-state index contributed by atoms with van der Waals surface area (Å²) in [5.41, 5.74) is 2.07. The minimum atomic E-state index is -2.76. The van der Waals surface area contributed by atoms with E-state index in [0.717, 1.165) is 57.1 Å². The van der Waals surface area contributed by atoms with Crippen LogP contribution in [0.2, 0.25) is 0 Å². The standard InChI is InChI=1S/2C22H21F2N9O2.C14H13F2N3O2/c2*1-12(11-34)33-21(29-30-31-33)17-3-2-4-19(27-17)28-22(35)18-7-15(16(9-25-18)20(23)24)13-8-26-32(10-13)14-5-6-14;1-21-14(20)12-4-10(11(6-17-12)13(15)16)8-5-18-19(7-8)9-2-3-9/h2*2-4,7-10,12,14,20,34H,5-6,11H2,1H3,(H,27,28,35);4-7,9,13H,2-3H2,1H3/t2*12-;/m11./s1. The molecule has 470 valence electrons. The van der Waals surface area contributed by atoms with Gasteiger partial charge >= 0.3 is 5.97 Å². The highest BCUT2D eigenvalue weighted by Crippen LogP contribution is 2.40. The summed E-state index contributed by atoms with van der Waals surface area (Å²) < 4.78 is 93.6. The normalized spacial score (nSPS) is 14.4. The number of carbonyl (C=O) groups is 3. The number of tetrazole rings is 2. The van der Waals surface area contributed by atoms with Crippen LogP contribution in [0.15, 0.2) is 110 Å². The van der Waals surface area contributed by atoms with E-state index in [2.05, 4.69) is 86.6 Å². The van der Waals surface area contributed by atoms with Crippen LogP contribution < -0.4 is 10.6 Å². The van der Waals surface area contributed by atoms with Gasteiger partial charge in [0, 0.05) is 70.6 Å². The average Bonchev–Trinajstić information content (AvgIpc) is 2.12. The molecule has 2 atom stereocenters. The SMILES string of the molecule is COC(=O)c1cc(-c2cnn(C3CC3)c2)c(C(F)F)cn1.C[C@H](CO)n1nnnc1-c1cccc(NC(=O)c2cc(-c3cnn(C4CC4)c3)c(C(F)F)cn2)n1.C[C@H](CO)n1nnnc1-c1cccc(NC(=O)c2cc(-c3cnn(C4CC4)c3)c(C(F)F)cn2)n1. The van der Waals surface area contributed by atoms with Crippen LogP contribution in [0.1, 0.15) is 150 Å². The topological polar surface area (TPSA) is 330 Å². The van der Waals surface area contributed by atoms with E-state index in [0.29, 0.717) is 57.9 Å². The van der Waals surface area contributed by atoms with Crippen molar-refractivity contribution in [3.8, 4) is 56.4 Å². The lowest BCUT2D eigenvalue weighted by atomic mass is 10.0. The summed E-state index contributed by atoms with van der Waals surface area (Å²) >= 11 is 0. The van der Waals surface area contributed by atoms with Crippen molar-refractivity contribution in [3.05, 3.63) is 144 Å². The summed E-state index contributed by atoms with van der Waals surface area (Å²) in [6, 6.07) is 14.0. The van der Waals surface area contributed by atoms with E-state index >= 15 is 0 Å². The molecule has 33 heteroatoms. The second-order valence-corrected chi connectivity index (χ2v) is 21.4. The van der Waals surface area contributed by atoms with Crippen LogP contribution in [0.5, 0.6) is 0 Å². The Kier molecular flexibility index (Phi) is 18.4. The highest BCUT2D eigenvalue weighted by atomic mass is 19.3. The van der Waals surface area contributed by atoms with Crippen molar-refractivity contribution in [2.24, 2.45) is 0 Å². The van der Waals surface area contributed by atoms with Crippen LogP contribution in [0.4, 0.5) is 38.0 Å². The molecule has 3 aliphatic carbocycles. The summed E-state index contributed by atoms with van der Waals surface area (Å²) in [7, 11) is 1.22. The van der Waals surface area contributed by atoms with E-state index in [1.165, 1.54) is 53.3 Å². The second kappa shape index (κ2) is 27.0. The van der Waals surface area contributed by atoms with Gasteiger partial charge in [0.25, 0.3) is 31.1 Å². The molecule has 0 bridgehead atoms. The first-order chi connectivity index (χ1) is 44.0. The van der Waals surface area contributed by atoms with Crippen LogP contribution >= 0.6 is 0 Å². The lowest BCUT2D eigenvalue weighted by Crippen LogP contribution is -2.16. The number of pyridine rings is 5. The minimum Gasteiger partial charge on any atom is -0.464 e.